The highest BCUT2D eigenvalue weighted by molar-refractivity contribution is 5.92. The molecule has 6 heteroatoms. The standard InChI is InChI=1S/C21H30N2O4/c1-4-23(14-19(24)22-15(2)3)20(25)21(9-5-6-10-21)16-7-8-17-18(13-16)27-12-11-26-17/h7-8,13,15H,4-6,9-12,14H2,1-3H3,(H,22,24). The fourth-order valence-electron chi connectivity index (χ4n) is 4.12. The molecule has 0 spiro atoms. The summed E-state index contributed by atoms with van der Waals surface area (Å²) in [5.74, 6) is 1.36. The normalized spacial score (nSPS) is 17.6. The van der Waals surface area contributed by atoms with Crippen molar-refractivity contribution in [2.75, 3.05) is 26.3 Å². The second kappa shape index (κ2) is 8.19. The molecule has 1 aromatic rings. The van der Waals surface area contributed by atoms with Crippen molar-refractivity contribution in [1.29, 1.82) is 0 Å². The van der Waals surface area contributed by atoms with Gasteiger partial charge in [-0.1, -0.05) is 18.9 Å². The molecule has 6 nitrogen and oxygen atoms in total. The van der Waals surface area contributed by atoms with Crippen LogP contribution < -0.4 is 14.8 Å². The van der Waals surface area contributed by atoms with E-state index in [2.05, 4.69) is 5.32 Å². The van der Waals surface area contributed by atoms with Crippen LogP contribution in [-0.4, -0.2) is 49.1 Å². The molecule has 0 aromatic heterocycles. The Kier molecular flexibility index (Phi) is 5.92. The molecule has 0 radical (unpaired) electrons. The van der Waals surface area contributed by atoms with Crippen LogP contribution in [-0.2, 0) is 15.0 Å². The zero-order valence-corrected chi connectivity index (χ0v) is 16.5. The molecule has 0 saturated heterocycles. The van der Waals surface area contributed by atoms with Crippen LogP contribution in [0.3, 0.4) is 0 Å². The number of likely N-dealkylation sites (N-methyl/N-ethyl adjacent to an activating group) is 1. The summed E-state index contributed by atoms with van der Waals surface area (Å²) in [5, 5.41) is 2.88. The molecule has 0 atom stereocenters. The van der Waals surface area contributed by atoms with Gasteiger partial charge in [0.2, 0.25) is 11.8 Å². The third kappa shape index (κ3) is 4.04. The summed E-state index contributed by atoms with van der Waals surface area (Å²) in [6.07, 6.45) is 3.62. The maximum absolute atomic E-state index is 13.6. The van der Waals surface area contributed by atoms with Crippen LogP contribution in [0.4, 0.5) is 0 Å². The number of rotatable bonds is 6. The summed E-state index contributed by atoms with van der Waals surface area (Å²) in [5.41, 5.74) is 0.390. The largest absolute Gasteiger partial charge is 0.486 e. The van der Waals surface area contributed by atoms with E-state index in [0.717, 1.165) is 37.0 Å². The van der Waals surface area contributed by atoms with Crippen LogP contribution in [0.15, 0.2) is 18.2 Å². The molecule has 27 heavy (non-hydrogen) atoms. The summed E-state index contributed by atoms with van der Waals surface area (Å²) < 4.78 is 11.3. The first-order valence-corrected chi connectivity index (χ1v) is 9.95. The highest BCUT2D eigenvalue weighted by Crippen LogP contribution is 2.45. The Labute approximate surface area is 161 Å². The average Bonchev–Trinajstić information content (AvgIpc) is 3.15. The van der Waals surface area contributed by atoms with Crippen LogP contribution >= 0.6 is 0 Å². The van der Waals surface area contributed by atoms with Gasteiger partial charge >= 0.3 is 0 Å². The number of ether oxygens (including phenoxy) is 2. The van der Waals surface area contributed by atoms with Crippen molar-refractivity contribution in [3.05, 3.63) is 23.8 Å². The highest BCUT2D eigenvalue weighted by Gasteiger charge is 2.45. The van der Waals surface area contributed by atoms with E-state index in [1.807, 2.05) is 39.0 Å². The summed E-state index contributed by atoms with van der Waals surface area (Å²) >= 11 is 0. The van der Waals surface area contributed by atoms with E-state index in [-0.39, 0.29) is 24.4 Å². The van der Waals surface area contributed by atoms with E-state index in [0.29, 0.717) is 25.5 Å². The topological polar surface area (TPSA) is 67.9 Å². The SMILES string of the molecule is CCN(CC(=O)NC(C)C)C(=O)C1(c2ccc3c(c2)OCCO3)CCCC1. The third-order valence-electron chi connectivity index (χ3n) is 5.41. The van der Waals surface area contributed by atoms with E-state index in [9.17, 15) is 9.59 Å². The van der Waals surface area contributed by atoms with Crippen LogP contribution in [0, 0.1) is 0 Å². The molecule has 2 amide bonds. The molecule has 1 fully saturated rings. The molecule has 0 unspecified atom stereocenters. The zero-order chi connectivity index (χ0) is 19.4. The van der Waals surface area contributed by atoms with Gasteiger partial charge in [-0.3, -0.25) is 9.59 Å². The number of carbonyl (C=O) groups is 2. The number of benzene rings is 1. The molecule has 1 aliphatic heterocycles. The Morgan fingerprint density at radius 1 is 1.15 bits per heavy atom. The van der Waals surface area contributed by atoms with Crippen molar-refractivity contribution >= 4 is 11.8 Å². The summed E-state index contributed by atoms with van der Waals surface area (Å²) in [6, 6.07) is 5.90. The van der Waals surface area contributed by atoms with Crippen LogP contribution in [0.25, 0.3) is 0 Å². The minimum Gasteiger partial charge on any atom is -0.486 e. The molecule has 0 bridgehead atoms. The van der Waals surface area contributed by atoms with E-state index in [1.54, 1.807) is 4.90 Å². The molecule has 1 aromatic carbocycles. The van der Waals surface area contributed by atoms with Gasteiger partial charge in [0.15, 0.2) is 11.5 Å². The number of nitrogens with one attached hydrogen (secondary N) is 1. The smallest absolute Gasteiger partial charge is 0.239 e. The number of hydrogen-bond donors (Lipinski definition) is 1. The van der Waals surface area contributed by atoms with Gasteiger partial charge in [-0.25, -0.2) is 0 Å². The lowest BCUT2D eigenvalue weighted by Crippen LogP contribution is -2.49. The molecule has 2 aliphatic rings. The van der Waals surface area contributed by atoms with Gasteiger partial charge < -0.3 is 19.7 Å². The maximum atomic E-state index is 13.6. The van der Waals surface area contributed by atoms with Crippen molar-refractivity contribution in [1.82, 2.24) is 10.2 Å². The van der Waals surface area contributed by atoms with Crippen molar-refractivity contribution in [2.45, 2.75) is 57.9 Å². The van der Waals surface area contributed by atoms with Crippen molar-refractivity contribution < 1.29 is 19.1 Å². The maximum Gasteiger partial charge on any atom is 0.239 e. The highest BCUT2D eigenvalue weighted by atomic mass is 16.6. The lowest BCUT2D eigenvalue weighted by atomic mass is 9.77. The van der Waals surface area contributed by atoms with Gasteiger partial charge in [0.25, 0.3) is 0 Å². The van der Waals surface area contributed by atoms with Gasteiger partial charge in [0.05, 0.1) is 12.0 Å². The number of nitrogens with zero attached hydrogens (tertiary/aromatic N) is 1. The van der Waals surface area contributed by atoms with Gasteiger partial charge in [0, 0.05) is 12.6 Å². The zero-order valence-electron chi connectivity index (χ0n) is 16.5. The predicted molar refractivity (Wildman–Crippen MR) is 103 cm³/mol. The second-order valence-corrected chi connectivity index (χ2v) is 7.69. The molecule has 1 heterocycles. The number of amides is 2. The molecule has 1 saturated carbocycles. The number of hydrogen-bond acceptors (Lipinski definition) is 4. The van der Waals surface area contributed by atoms with E-state index in [4.69, 9.17) is 9.47 Å². The first-order valence-electron chi connectivity index (χ1n) is 9.95. The number of fused-ring (bicyclic) bond motifs is 1. The molecule has 1 N–H and O–H groups in total. The molecule has 1 aliphatic carbocycles. The van der Waals surface area contributed by atoms with Crippen molar-refractivity contribution in [3.63, 3.8) is 0 Å². The molecule has 3 rings (SSSR count). The Hall–Kier alpha value is -2.24. The van der Waals surface area contributed by atoms with Gasteiger partial charge in [-0.05, 0) is 51.3 Å². The predicted octanol–water partition coefficient (Wildman–Crippen LogP) is 2.64. The quantitative estimate of drug-likeness (QED) is 0.831. The summed E-state index contributed by atoms with van der Waals surface area (Å²) in [4.78, 5) is 27.5. The van der Waals surface area contributed by atoms with Crippen molar-refractivity contribution in [3.8, 4) is 11.5 Å². The Morgan fingerprint density at radius 3 is 2.44 bits per heavy atom. The summed E-state index contributed by atoms with van der Waals surface area (Å²) in [6.45, 7) is 7.44. The Balaban J connectivity index is 1.87. The Bertz CT molecular complexity index is 695. The van der Waals surface area contributed by atoms with Crippen LogP contribution in [0.2, 0.25) is 0 Å². The van der Waals surface area contributed by atoms with E-state index < -0.39 is 5.41 Å². The molecule has 148 valence electrons. The summed E-state index contributed by atoms with van der Waals surface area (Å²) in [7, 11) is 0. The van der Waals surface area contributed by atoms with Gasteiger partial charge in [0.1, 0.15) is 13.2 Å². The first-order chi connectivity index (χ1) is 13.0. The fraction of sp³-hybridized carbons (Fsp3) is 0.619. The van der Waals surface area contributed by atoms with Crippen molar-refractivity contribution in [2.24, 2.45) is 0 Å². The van der Waals surface area contributed by atoms with E-state index >= 15 is 0 Å². The lowest BCUT2D eigenvalue weighted by molar-refractivity contribution is -0.140. The minimum atomic E-state index is -0.579. The Morgan fingerprint density at radius 2 is 1.81 bits per heavy atom. The molecular weight excluding hydrogens is 344 g/mol. The fourth-order valence-corrected chi connectivity index (χ4v) is 4.12. The lowest BCUT2D eigenvalue weighted by Gasteiger charge is -2.35. The van der Waals surface area contributed by atoms with Crippen LogP contribution in [0.1, 0.15) is 52.0 Å². The van der Waals surface area contributed by atoms with E-state index in [1.165, 1.54) is 0 Å². The average molecular weight is 374 g/mol. The monoisotopic (exact) mass is 374 g/mol. The number of carbonyl (C=O) groups excluding carboxylic acids is 2. The first kappa shape index (κ1) is 19.5. The van der Waals surface area contributed by atoms with Crippen LogP contribution in [0.5, 0.6) is 11.5 Å². The van der Waals surface area contributed by atoms with Gasteiger partial charge in [-0.2, -0.15) is 0 Å². The molecular formula is C21H30N2O4. The minimum absolute atomic E-state index is 0.0399. The second-order valence-electron chi connectivity index (χ2n) is 7.69. The third-order valence-corrected chi connectivity index (χ3v) is 5.41. The van der Waals surface area contributed by atoms with Gasteiger partial charge in [-0.15, -0.1) is 0 Å².